The van der Waals surface area contributed by atoms with Crippen molar-refractivity contribution in [1.29, 1.82) is 0 Å². The number of likely N-dealkylation sites (tertiary alicyclic amines) is 1. The fraction of sp³-hybridized carbons (Fsp3) is 0.333. The fourth-order valence-electron chi connectivity index (χ4n) is 2.78. The van der Waals surface area contributed by atoms with Gasteiger partial charge < -0.3 is 9.64 Å². The van der Waals surface area contributed by atoms with Gasteiger partial charge in [0.2, 0.25) is 10.0 Å². The largest absolute Gasteiger partial charge is 0.488 e. The smallest absolute Gasteiger partial charge is 0.253 e. The molecule has 0 unspecified atom stereocenters. The molecule has 0 bridgehead atoms. The Hall–Kier alpha value is -2.45. The minimum absolute atomic E-state index is 0.0604. The predicted octanol–water partition coefficient (Wildman–Crippen LogP) is 1.63. The van der Waals surface area contributed by atoms with Crippen molar-refractivity contribution in [3.05, 3.63) is 54.4 Å². The van der Waals surface area contributed by atoms with Crippen LogP contribution in [0.3, 0.4) is 0 Å². The van der Waals surface area contributed by atoms with E-state index in [2.05, 4.69) is 4.98 Å². The number of carbonyl (C=O) groups is 1. The van der Waals surface area contributed by atoms with Crippen LogP contribution in [0, 0.1) is 0 Å². The first kappa shape index (κ1) is 18.3. The van der Waals surface area contributed by atoms with E-state index < -0.39 is 10.0 Å². The summed E-state index contributed by atoms with van der Waals surface area (Å²) in [6, 6.07) is 9.60. The van der Waals surface area contributed by atoms with Crippen LogP contribution >= 0.6 is 0 Å². The van der Waals surface area contributed by atoms with Gasteiger partial charge in [0.1, 0.15) is 11.9 Å². The molecule has 0 aliphatic carbocycles. The predicted molar refractivity (Wildman–Crippen MR) is 96.5 cm³/mol. The molecule has 1 fully saturated rings. The van der Waals surface area contributed by atoms with Crippen molar-refractivity contribution in [2.45, 2.75) is 17.4 Å². The van der Waals surface area contributed by atoms with Gasteiger partial charge in [-0.2, -0.15) is 0 Å². The van der Waals surface area contributed by atoms with Gasteiger partial charge in [0.25, 0.3) is 5.91 Å². The summed E-state index contributed by atoms with van der Waals surface area (Å²) in [4.78, 5) is 18.5. The minimum atomic E-state index is -3.50. The van der Waals surface area contributed by atoms with Crippen LogP contribution in [0.1, 0.15) is 16.8 Å². The maximum Gasteiger partial charge on any atom is 0.253 e. The van der Waals surface area contributed by atoms with E-state index in [4.69, 9.17) is 4.74 Å². The summed E-state index contributed by atoms with van der Waals surface area (Å²) < 4.78 is 31.2. The normalized spacial score (nSPS) is 17.5. The van der Waals surface area contributed by atoms with Crippen molar-refractivity contribution in [3.63, 3.8) is 0 Å². The Labute approximate surface area is 153 Å². The van der Waals surface area contributed by atoms with Gasteiger partial charge in [-0.3, -0.25) is 9.78 Å². The average Bonchev–Trinajstić information content (AvgIpc) is 3.10. The van der Waals surface area contributed by atoms with E-state index in [9.17, 15) is 13.2 Å². The molecular formula is C18H21N3O4S. The number of sulfonamides is 1. The van der Waals surface area contributed by atoms with Gasteiger partial charge in [0.15, 0.2) is 0 Å². The molecular weight excluding hydrogens is 354 g/mol. The monoisotopic (exact) mass is 375 g/mol. The number of aromatic nitrogens is 1. The molecule has 0 saturated carbocycles. The molecule has 1 atom stereocenters. The Morgan fingerprint density at radius 1 is 1.15 bits per heavy atom. The highest BCUT2D eigenvalue weighted by atomic mass is 32.2. The molecule has 0 N–H and O–H groups in total. The van der Waals surface area contributed by atoms with Gasteiger partial charge in [0.05, 0.1) is 11.4 Å². The second-order valence-corrected chi connectivity index (χ2v) is 8.43. The second kappa shape index (κ2) is 7.43. The van der Waals surface area contributed by atoms with Gasteiger partial charge in [-0.15, -0.1) is 0 Å². The highest BCUT2D eigenvalue weighted by molar-refractivity contribution is 7.89. The van der Waals surface area contributed by atoms with Crippen LogP contribution in [0.25, 0.3) is 0 Å². The fourth-order valence-corrected chi connectivity index (χ4v) is 3.68. The molecule has 1 aromatic heterocycles. The van der Waals surface area contributed by atoms with Crippen molar-refractivity contribution in [2.75, 3.05) is 27.2 Å². The topological polar surface area (TPSA) is 79.8 Å². The first-order valence-corrected chi connectivity index (χ1v) is 9.70. The zero-order valence-electron chi connectivity index (χ0n) is 14.7. The molecule has 7 nitrogen and oxygen atoms in total. The molecule has 1 amide bonds. The lowest BCUT2D eigenvalue weighted by Gasteiger charge is -2.18. The van der Waals surface area contributed by atoms with E-state index >= 15 is 0 Å². The lowest BCUT2D eigenvalue weighted by Crippen LogP contribution is -2.31. The molecule has 2 aromatic rings. The average molecular weight is 375 g/mol. The van der Waals surface area contributed by atoms with Crippen molar-refractivity contribution in [2.24, 2.45) is 0 Å². The number of pyridine rings is 1. The summed E-state index contributed by atoms with van der Waals surface area (Å²) in [6.07, 6.45) is 4.02. The third-order valence-corrected chi connectivity index (χ3v) is 6.09. The lowest BCUT2D eigenvalue weighted by molar-refractivity contribution is 0.0772. The van der Waals surface area contributed by atoms with Crippen LogP contribution in [-0.4, -0.2) is 61.8 Å². The lowest BCUT2D eigenvalue weighted by atomic mass is 10.2. The number of ether oxygens (including phenoxy) is 1. The first-order chi connectivity index (χ1) is 12.4. The number of carbonyl (C=O) groups excluding carboxylic acids is 1. The molecule has 0 radical (unpaired) electrons. The molecule has 1 aromatic carbocycles. The van der Waals surface area contributed by atoms with Crippen LogP contribution < -0.4 is 4.74 Å². The van der Waals surface area contributed by atoms with Crippen molar-refractivity contribution in [1.82, 2.24) is 14.2 Å². The summed E-state index contributed by atoms with van der Waals surface area (Å²) in [5.41, 5.74) is 0.465. The third kappa shape index (κ3) is 3.86. The van der Waals surface area contributed by atoms with E-state index in [1.165, 1.54) is 26.2 Å². The number of nitrogens with zero attached hydrogens (tertiary/aromatic N) is 3. The maximum atomic E-state index is 12.6. The molecule has 1 aliphatic heterocycles. The highest BCUT2D eigenvalue weighted by Gasteiger charge is 2.28. The first-order valence-electron chi connectivity index (χ1n) is 8.26. The second-order valence-electron chi connectivity index (χ2n) is 6.27. The zero-order valence-corrected chi connectivity index (χ0v) is 15.5. The van der Waals surface area contributed by atoms with Crippen LogP contribution in [0.15, 0.2) is 53.7 Å². The summed E-state index contributed by atoms with van der Waals surface area (Å²) >= 11 is 0. The van der Waals surface area contributed by atoms with E-state index in [1.807, 2.05) is 0 Å². The van der Waals surface area contributed by atoms with Crippen LogP contribution in [-0.2, 0) is 10.0 Å². The SMILES string of the molecule is CN(C)S(=O)(=O)c1ccc(C(=O)N2CC[C@H](Oc3ccncc3)C2)cc1. The third-order valence-electron chi connectivity index (χ3n) is 4.26. The van der Waals surface area contributed by atoms with Crippen LogP contribution in [0.5, 0.6) is 5.75 Å². The molecule has 26 heavy (non-hydrogen) atoms. The summed E-state index contributed by atoms with van der Waals surface area (Å²) in [5.74, 6) is 0.608. The van der Waals surface area contributed by atoms with Crippen molar-refractivity contribution in [3.8, 4) is 5.75 Å². The summed E-state index contributed by atoms with van der Waals surface area (Å²) in [7, 11) is -0.551. The maximum absolute atomic E-state index is 12.6. The van der Waals surface area contributed by atoms with E-state index in [-0.39, 0.29) is 16.9 Å². The van der Waals surface area contributed by atoms with E-state index in [1.54, 1.807) is 41.6 Å². The molecule has 1 saturated heterocycles. The number of benzene rings is 1. The minimum Gasteiger partial charge on any atom is -0.488 e. The molecule has 2 heterocycles. The Kier molecular flexibility index (Phi) is 5.24. The summed E-state index contributed by atoms with van der Waals surface area (Å²) in [5, 5.41) is 0. The zero-order chi connectivity index (χ0) is 18.7. The molecule has 0 spiro atoms. The number of amides is 1. The van der Waals surface area contributed by atoms with Gasteiger partial charge in [-0.1, -0.05) is 0 Å². The standard InChI is InChI=1S/C18H21N3O4S/c1-20(2)26(23,24)17-5-3-14(4-6-17)18(22)21-12-9-16(13-21)25-15-7-10-19-11-8-15/h3-8,10-11,16H,9,12-13H2,1-2H3/t16-/m0/s1. The molecule has 3 rings (SSSR count). The van der Waals surface area contributed by atoms with Crippen molar-refractivity contribution < 1.29 is 17.9 Å². The Morgan fingerprint density at radius 3 is 2.42 bits per heavy atom. The van der Waals surface area contributed by atoms with Gasteiger partial charge >= 0.3 is 0 Å². The number of rotatable bonds is 5. The van der Waals surface area contributed by atoms with Crippen LogP contribution in [0.4, 0.5) is 0 Å². The van der Waals surface area contributed by atoms with Gasteiger partial charge in [-0.05, 0) is 36.4 Å². The van der Waals surface area contributed by atoms with Gasteiger partial charge in [-0.25, -0.2) is 12.7 Å². The number of hydrogen-bond donors (Lipinski definition) is 0. The quantitative estimate of drug-likeness (QED) is 0.793. The van der Waals surface area contributed by atoms with Crippen LogP contribution in [0.2, 0.25) is 0 Å². The Morgan fingerprint density at radius 2 is 1.81 bits per heavy atom. The Balaban J connectivity index is 1.65. The molecule has 8 heteroatoms. The van der Waals surface area contributed by atoms with Crippen molar-refractivity contribution >= 4 is 15.9 Å². The van der Waals surface area contributed by atoms with Gasteiger partial charge in [0, 0.05) is 45.0 Å². The highest BCUT2D eigenvalue weighted by Crippen LogP contribution is 2.20. The molecule has 1 aliphatic rings. The van der Waals surface area contributed by atoms with E-state index in [0.717, 1.165) is 16.5 Å². The summed E-state index contributed by atoms with van der Waals surface area (Å²) in [6.45, 7) is 1.10. The van der Waals surface area contributed by atoms with E-state index in [0.29, 0.717) is 18.7 Å². The Bertz CT molecular complexity index is 867. The number of hydrogen-bond acceptors (Lipinski definition) is 5. The molecule has 138 valence electrons.